The number of phenols is 1. The van der Waals surface area contributed by atoms with E-state index < -0.39 is 0 Å². The number of hydrogen-bond acceptors (Lipinski definition) is 4. The van der Waals surface area contributed by atoms with Crippen LogP contribution in [0.5, 0.6) is 5.75 Å². The number of esters is 1. The zero-order chi connectivity index (χ0) is 15.6. The van der Waals surface area contributed by atoms with Gasteiger partial charge >= 0.3 is 5.97 Å². The van der Waals surface area contributed by atoms with E-state index in [1.54, 1.807) is 12.1 Å². The largest absolute Gasteiger partial charge is 0.508 e. The van der Waals surface area contributed by atoms with Gasteiger partial charge in [0.1, 0.15) is 5.75 Å². The molecule has 0 aliphatic heterocycles. The molecule has 0 amide bonds. The van der Waals surface area contributed by atoms with Crippen LogP contribution in [0, 0.1) is 6.92 Å². The summed E-state index contributed by atoms with van der Waals surface area (Å²) in [5.41, 5.74) is 2.86. The summed E-state index contributed by atoms with van der Waals surface area (Å²) in [7, 11) is 3.85. The summed E-state index contributed by atoms with van der Waals surface area (Å²) in [6, 6.07) is 3.44. The number of fused-ring (bicyclic) bond motifs is 1. The minimum absolute atomic E-state index is 0.194. The molecule has 1 heterocycles. The molecular formula is C16H22N2O3. The maximum atomic E-state index is 12.3. The van der Waals surface area contributed by atoms with Crippen molar-refractivity contribution in [2.45, 2.75) is 26.8 Å². The van der Waals surface area contributed by atoms with E-state index in [4.69, 9.17) is 4.74 Å². The first-order chi connectivity index (χ1) is 9.95. The van der Waals surface area contributed by atoms with Crippen molar-refractivity contribution in [3.63, 3.8) is 0 Å². The highest BCUT2D eigenvalue weighted by Crippen LogP contribution is 2.32. The molecule has 1 aromatic carbocycles. The highest BCUT2D eigenvalue weighted by atomic mass is 16.5. The van der Waals surface area contributed by atoms with Crippen molar-refractivity contribution in [2.75, 3.05) is 20.7 Å². The number of aromatic nitrogens is 1. The average molecular weight is 290 g/mol. The number of aromatic amines is 1. The molecule has 0 saturated carbocycles. The Balaban J connectivity index is 2.61. The minimum atomic E-state index is -0.341. The lowest BCUT2D eigenvalue weighted by Gasteiger charge is -2.13. The van der Waals surface area contributed by atoms with Gasteiger partial charge in [0.2, 0.25) is 0 Å². The van der Waals surface area contributed by atoms with Crippen LogP contribution in [0.3, 0.4) is 0 Å². The second kappa shape index (κ2) is 6.18. The number of nitrogens with zero attached hydrogens (tertiary/aromatic N) is 1. The normalized spacial score (nSPS) is 11.3. The summed E-state index contributed by atoms with van der Waals surface area (Å²) >= 11 is 0. The molecule has 0 saturated heterocycles. The second-order valence-electron chi connectivity index (χ2n) is 5.48. The number of ether oxygens (including phenoxy) is 1. The van der Waals surface area contributed by atoms with Crippen LogP contribution in [-0.2, 0) is 11.3 Å². The van der Waals surface area contributed by atoms with Crippen LogP contribution in [0.4, 0.5) is 0 Å². The van der Waals surface area contributed by atoms with Crippen LogP contribution in [0.1, 0.15) is 35.0 Å². The average Bonchev–Trinajstić information content (AvgIpc) is 2.75. The van der Waals surface area contributed by atoms with Gasteiger partial charge in [0.25, 0.3) is 0 Å². The number of carbonyl (C=O) groups excluding carboxylic acids is 1. The van der Waals surface area contributed by atoms with Crippen molar-refractivity contribution in [1.29, 1.82) is 0 Å². The van der Waals surface area contributed by atoms with Crippen LogP contribution in [0.15, 0.2) is 12.1 Å². The zero-order valence-corrected chi connectivity index (χ0v) is 13.0. The molecule has 0 spiro atoms. The molecule has 2 rings (SSSR count). The monoisotopic (exact) mass is 290 g/mol. The van der Waals surface area contributed by atoms with Gasteiger partial charge in [0.15, 0.2) is 0 Å². The molecule has 0 atom stereocenters. The van der Waals surface area contributed by atoms with E-state index in [-0.39, 0.29) is 11.7 Å². The predicted octanol–water partition coefficient (Wildman–Crippen LogP) is 2.81. The van der Waals surface area contributed by atoms with Gasteiger partial charge in [-0.15, -0.1) is 0 Å². The van der Waals surface area contributed by atoms with Crippen molar-refractivity contribution >= 4 is 16.9 Å². The lowest BCUT2D eigenvalue weighted by Crippen LogP contribution is -2.12. The number of hydrogen-bond donors (Lipinski definition) is 2. The van der Waals surface area contributed by atoms with Gasteiger partial charge in [-0.05, 0) is 39.6 Å². The number of H-pyrrole nitrogens is 1. The lowest BCUT2D eigenvalue weighted by atomic mass is 10.0. The number of phenolic OH excluding ortho intramolecular Hbond substituents is 1. The van der Waals surface area contributed by atoms with Crippen molar-refractivity contribution in [3.05, 3.63) is 29.0 Å². The topological polar surface area (TPSA) is 65.6 Å². The molecule has 114 valence electrons. The first kappa shape index (κ1) is 15.4. The molecule has 0 unspecified atom stereocenters. The molecule has 1 aromatic heterocycles. The molecule has 2 aromatic rings. The van der Waals surface area contributed by atoms with Gasteiger partial charge in [-0.3, -0.25) is 0 Å². The summed E-state index contributed by atoms with van der Waals surface area (Å²) in [5.74, 6) is -0.147. The molecular weight excluding hydrogens is 268 g/mol. The van der Waals surface area contributed by atoms with E-state index in [1.165, 1.54) is 0 Å². The maximum absolute atomic E-state index is 12.3. The number of aryl methyl sites for hydroxylation is 1. The number of aromatic hydroxyl groups is 1. The van der Waals surface area contributed by atoms with E-state index in [0.717, 1.165) is 28.6 Å². The van der Waals surface area contributed by atoms with Crippen molar-refractivity contribution in [1.82, 2.24) is 9.88 Å². The van der Waals surface area contributed by atoms with E-state index in [0.29, 0.717) is 18.7 Å². The van der Waals surface area contributed by atoms with E-state index >= 15 is 0 Å². The fraction of sp³-hybridized carbons (Fsp3) is 0.438. The Kier molecular flexibility index (Phi) is 4.53. The Morgan fingerprint density at radius 3 is 2.71 bits per heavy atom. The van der Waals surface area contributed by atoms with Crippen LogP contribution in [0.25, 0.3) is 10.9 Å². The smallest absolute Gasteiger partial charge is 0.340 e. The first-order valence-electron chi connectivity index (χ1n) is 7.10. The van der Waals surface area contributed by atoms with Gasteiger partial charge in [-0.1, -0.05) is 6.92 Å². The summed E-state index contributed by atoms with van der Waals surface area (Å²) in [4.78, 5) is 17.5. The van der Waals surface area contributed by atoms with Crippen LogP contribution >= 0.6 is 0 Å². The van der Waals surface area contributed by atoms with E-state index in [2.05, 4.69) is 4.98 Å². The van der Waals surface area contributed by atoms with Crippen LogP contribution < -0.4 is 0 Å². The van der Waals surface area contributed by atoms with Crippen molar-refractivity contribution < 1.29 is 14.6 Å². The highest BCUT2D eigenvalue weighted by Gasteiger charge is 2.21. The predicted molar refractivity (Wildman–Crippen MR) is 82.7 cm³/mol. The summed E-state index contributed by atoms with van der Waals surface area (Å²) in [6.07, 6.45) is 0.781. The Bertz CT molecular complexity index is 659. The fourth-order valence-corrected chi connectivity index (χ4v) is 2.48. The van der Waals surface area contributed by atoms with Crippen molar-refractivity contribution in [3.8, 4) is 5.75 Å². The van der Waals surface area contributed by atoms with Crippen LogP contribution in [0.2, 0.25) is 0 Å². The number of rotatable bonds is 5. The highest BCUT2D eigenvalue weighted by molar-refractivity contribution is 6.07. The van der Waals surface area contributed by atoms with E-state index in [1.807, 2.05) is 32.8 Å². The van der Waals surface area contributed by atoms with E-state index in [9.17, 15) is 9.90 Å². The Labute approximate surface area is 124 Å². The Morgan fingerprint density at radius 2 is 2.10 bits per heavy atom. The molecule has 0 bridgehead atoms. The van der Waals surface area contributed by atoms with Gasteiger partial charge in [-0.2, -0.15) is 0 Å². The number of benzene rings is 1. The molecule has 0 fully saturated rings. The second-order valence-corrected chi connectivity index (χ2v) is 5.48. The Hall–Kier alpha value is -2.01. The van der Waals surface area contributed by atoms with Gasteiger partial charge < -0.3 is 19.7 Å². The SMILES string of the molecule is CCCOC(=O)c1c(C)[nH]c2ccc(O)c(CN(C)C)c12. The zero-order valence-electron chi connectivity index (χ0n) is 13.0. The molecule has 5 heteroatoms. The molecule has 0 aliphatic rings. The molecule has 21 heavy (non-hydrogen) atoms. The molecule has 0 aliphatic carbocycles. The third-order valence-electron chi connectivity index (χ3n) is 3.35. The minimum Gasteiger partial charge on any atom is -0.508 e. The van der Waals surface area contributed by atoms with Crippen LogP contribution in [-0.4, -0.2) is 41.7 Å². The van der Waals surface area contributed by atoms with Gasteiger partial charge in [-0.25, -0.2) is 4.79 Å². The van der Waals surface area contributed by atoms with Gasteiger partial charge in [0.05, 0.1) is 12.2 Å². The quantitative estimate of drug-likeness (QED) is 0.831. The molecule has 5 nitrogen and oxygen atoms in total. The number of carbonyl (C=O) groups is 1. The fourth-order valence-electron chi connectivity index (χ4n) is 2.48. The standard InChI is InChI=1S/C16H22N2O3/c1-5-8-21-16(20)14-10(2)17-12-6-7-13(19)11(15(12)14)9-18(3)4/h6-7,17,19H,5,8-9H2,1-4H3. The van der Waals surface area contributed by atoms with Crippen molar-refractivity contribution in [2.24, 2.45) is 0 Å². The first-order valence-corrected chi connectivity index (χ1v) is 7.10. The molecule has 0 radical (unpaired) electrons. The van der Waals surface area contributed by atoms with Gasteiger partial charge in [0, 0.05) is 28.7 Å². The maximum Gasteiger partial charge on any atom is 0.340 e. The third kappa shape index (κ3) is 3.03. The summed E-state index contributed by atoms with van der Waals surface area (Å²) < 4.78 is 5.27. The molecule has 2 N–H and O–H groups in total. The summed E-state index contributed by atoms with van der Waals surface area (Å²) in [6.45, 7) is 4.75. The summed E-state index contributed by atoms with van der Waals surface area (Å²) in [5, 5.41) is 10.9. The Morgan fingerprint density at radius 1 is 1.38 bits per heavy atom. The number of nitrogens with one attached hydrogen (secondary N) is 1. The third-order valence-corrected chi connectivity index (χ3v) is 3.35. The lowest BCUT2D eigenvalue weighted by molar-refractivity contribution is 0.0506.